The van der Waals surface area contributed by atoms with Gasteiger partial charge >= 0.3 is 0 Å². The van der Waals surface area contributed by atoms with Crippen molar-refractivity contribution in [3.63, 3.8) is 0 Å². The molecule has 0 aliphatic heterocycles. The molecule has 0 aliphatic carbocycles. The minimum absolute atomic E-state index is 0.0286. The van der Waals surface area contributed by atoms with E-state index < -0.39 is 9.84 Å². The number of pyridine rings is 1. The number of benzene rings is 1. The molecule has 1 heterocycles. The second kappa shape index (κ2) is 5.57. The number of sulfone groups is 1. The normalized spacial score (nSPS) is 11.8. The molecular weight excluding hydrogens is 260 g/mol. The van der Waals surface area contributed by atoms with Gasteiger partial charge in [0.15, 0.2) is 9.84 Å². The third-order valence-corrected chi connectivity index (χ3v) is 4.73. The van der Waals surface area contributed by atoms with Crippen LogP contribution in [0.3, 0.4) is 0 Å². The van der Waals surface area contributed by atoms with Crippen molar-refractivity contribution in [2.45, 2.75) is 25.5 Å². The Morgan fingerprint density at radius 2 is 2.05 bits per heavy atom. The van der Waals surface area contributed by atoms with E-state index in [0.29, 0.717) is 17.6 Å². The first kappa shape index (κ1) is 13.8. The van der Waals surface area contributed by atoms with E-state index in [1.54, 1.807) is 24.4 Å². The van der Waals surface area contributed by atoms with Gasteiger partial charge in [-0.05, 0) is 30.2 Å². The lowest BCUT2D eigenvalue weighted by Gasteiger charge is -2.08. The average Bonchev–Trinajstić information content (AvgIpc) is 2.40. The number of hydrogen-bond acceptors (Lipinski definition) is 4. The molecule has 0 spiro atoms. The average molecular weight is 278 g/mol. The summed E-state index contributed by atoms with van der Waals surface area (Å²) in [6.07, 6.45) is 3.23. The summed E-state index contributed by atoms with van der Waals surface area (Å²) >= 11 is 0. The molecule has 102 valence electrons. The van der Waals surface area contributed by atoms with Crippen LogP contribution in [0.5, 0.6) is 0 Å². The van der Waals surface area contributed by atoms with Crippen LogP contribution in [-0.2, 0) is 15.6 Å². The number of nitrogen functional groups attached to an aromatic ring is 1. The number of fused-ring (bicyclic) bond motifs is 1. The molecule has 19 heavy (non-hydrogen) atoms. The van der Waals surface area contributed by atoms with Gasteiger partial charge in [0.2, 0.25) is 0 Å². The number of hydrogen-bond donors (Lipinski definition) is 1. The maximum Gasteiger partial charge on any atom is 0.154 e. The van der Waals surface area contributed by atoms with Gasteiger partial charge in [0, 0.05) is 17.3 Å². The van der Waals surface area contributed by atoms with Gasteiger partial charge in [-0.2, -0.15) is 0 Å². The number of anilines is 1. The Labute approximate surface area is 113 Å². The number of aromatic nitrogens is 1. The lowest BCUT2D eigenvalue weighted by molar-refractivity contribution is 0.592. The maximum absolute atomic E-state index is 12.0. The topological polar surface area (TPSA) is 73.0 Å². The van der Waals surface area contributed by atoms with Crippen LogP contribution < -0.4 is 5.73 Å². The Hall–Kier alpha value is -1.62. The first-order valence-electron chi connectivity index (χ1n) is 6.36. The van der Waals surface area contributed by atoms with Gasteiger partial charge in [0.25, 0.3) is 0 Å². The van der Waals surface area contributed by atoms with Crippen LogP contribution in [0.2, 0.25) is 0 Å². The Morgan fingerprint density at radius 1 is 1.26 bits per heavy atom. The molecule has 1 aromatic heterocycles. The fourth-order valence-electron chi connectivity index (χ4n) is 2.04. The molecule has 0 saturated carbocycles. The lowest BCUT2D eigenvalue weighted by Crippen LogP contribution is -2.10. The Morgan fingerprint density at radius 3 is 2.79 bits per heavy atom. The van der Waals surface area contributed by atoms with Crippen LogP contribution in [0.25, 0.3) is 10.9 Å². The Bertz CT molecular complexity index is 681. The summed E-state index contributed by atoms with van der Waals surface area (Å²) < 4.78 is 24.1. The van der Waals surface area contributed by atoms with E-state index in [1.165, 1.54) is 0 Å². The number of nitrogens with zero attached hydrogens (tertiary/aromatic N) is 1. The van der Waals surface area contributed by atoms with Crippen molar-refractivity contribution < 1.29 is 8.42 Å². The van der Waals surface area contributed by atoms with E-state index in [2.05, 4.69) is 4.98 Å². The highest BCUT2D eigenvalue weighted by Gasteiger charge is 2.14. The highest BCUT2D eigenvalue weighted by molar-refractivity contribution is 7.90. The van der Waals surface area contributed by atoms with Crippen molar-refractivity contribution in [3.8, 4) is 0 Å². The zero-order valence-corrected chi connectivity index (χ0v) is 11.8. The molecule has 1 aromatic carbocycles. The van der Waals surface area contributed by atoms with E-state index in [1.807, 2.05) is 13.0 Å². The standard InChI is InChI=1S/C14H18N2O2S/c1-2-3-9-19(17,18)10-11-6-7-13(15)12-5-4-8-16-14(11)12/h4-8H,2-3,9-10,15H2,1H3. The quantitative estimate of drug-likeness (QED) is 0.853. The zero-order valence-electron chi connectivity index (χ0n) is 11.0. The Balaban J connectivity index is 2.39. The van der Waals surface area contributed by atoms with Crippen molar-refractivity contribution in [1.29, 1.82) is 0 Å². The van der Waals surface area contributed by atoms with Crippen LogP contribution in [0.15, 0.2) is 30.5 Å². The van der Waals surface area contributed by atoms with E-state index in [4.69, 9.17) is 5.73 Å². The fraction of sp³-hybridized carbons (Fsp3) is 0.357. The smallest absolute Gasteiger partial charge is 0.154 e. The van der Waals surface area contributed by atoms with E-state index >= 15 is 0 Å². The molecule has 2 N–H and O–H groups in total. The molecule has 0 aliphatic rings. The van der Waals surface area contributed by atoms with Gasteiger partial charge in [0.05, 0.1) is 17.0 Å². The van der Waals surface area contributed by atoms with Crippen molar-refractivity contribution in [2.75, 3.05) is 11.5 Å². The molecule has 0 amide bonds. The Kier molecular flexibility index (Phi) is 4.04. The summed E-state index contributed by atoms with van der Waals surface area (Å²) in [5.74, 6) is 0.253. The van der Waals surface area contributed by atoms with E-state index in [0.717, 1.165) is 17.4 Å². The van der Waals surface area contributed by atoms with E-state index in [9.17, 15) is 8.42 Å². The first-order chi connectivity index (χ1) is 9.03. The molecule has 0 fully saturated rings. The van der Waals surface area contributed by atoms with Crippen molar-refractivity contribution >= 4 is 26.4 Å². The first-order valence-corrected chi connectivity index (χ1v) is 8.18. The highest BCUT2D eigenvalue weighted by Crippen LogP contribution is 2.24. The predicted molar refractivity (Wildman–Crippen MR) is 78.6 cm³/mol. The zero-order chi connectivity index (χ0) is 13.9. The summed E-state index contributed by atoms with van der Waals surface area (Å²) in [6, 6.07) is 7.16. The van der Waals surface area contributed by atoms with Crippen LogP contribution in [-0.4, -0.2) is 19.2 Å². The van der Waals surface area contributed by atoms with Gasteiger partial charge < -0.3 is 5.73 Å². The van der Waals surface area contributed by atoms with Crippen LogP contribution >= 0.6 is 0 Å². The summed E-state index contributed by atoms with van der Waals surface area (Å²) in [4.78, 5) is 4.26. The van der Waals surface area contributed by atoms with Crippen molar-refractivity contribution in [1.82, 2.24) is 4.98 Å². The third-order valence-electron chi connectivity index (χ3n) is 3.07. The molecule has 0 saturated heterocycles. The third kappa shape index (κ3) is 3.23. The lowest BCUT2D eigenvalue weighted by atomic mass is 10.1. The largest absolute Gasteiger partial charge is 0.398 e. The molecule has 0 unspecified atom stereocenters. The fourth-order valence-corrected chi connectivity index (χ4v) is 3.62. The molecule has 5 heteroatoms. The monoisotopic (exact) mass is 278 g/mol. The van der Waals surface area contributed by atoms with Crippen LogP contribution in [0.1, 0.15) is 25.3 Å². The second-order valence-electron chi connectivity index (χ2n) is 4.66. The van der Waals surface area contributed by atoms with Gasteiger partial charge in [-0.1, -0.05) is 19.4 Å². The summed E-state index contributed by atoms with van der Waals surface area (Å²) in [7, 11) is -3.08. The van der Waals surface area contributed by atoms with Gasteiger partial charge in [-0.15, -0.1) is 0 Å². The summed E-state index contributed by atoms with van der Waals surface area (Å²) in [5.41, 5.74) is 7.91. The van der Waals surface area contributed by atoms with Gasteiger partial charge in [0.1, 0.15) is 0 Å². The minimum Gasteiger partial charge on any atom is -0.398 e. The van der Waals surface area contributed by atoms with Crippen molar-refractivity contribution in [2.24, 2.45) is 0 Å². The van der Waals surface area contributed by atoms with Gasteiger partial charge in [-0.3, -0.25) is 4.98 Å². The molecule has 2 rings (SSSR count). The van der Waals surface area contributed by atoms with E-state index in [-0.39, 0.29) is 11.5 Å². The SMILES string of the molecule is CCCCS(=O)(=O)Cc1ccc(N)c2cccnc12. The molecule has 4 nitrogen and oxygen atoms in total. The maximum atomic E-state index is 12.0. The molecule has 0 bridgehead atoms. The van der Waals surface area contributed by atoms with Crippen molar-refractivity contribution in [3.05, 3.63) is 36.0 Å². The summed E-state index contributed by atoms with van der Waals surface area (Å²) in [6.45, 7) is 1.98. The molecular formula is C14H18N2O2S. The summed E-state index contributed by atoms with van der Waals surface area (Å²) in [5, 5.41) is 0.811. The van der Waals surface area contributed by atoms with Crippen LogP contribution in [0, 0.1) is 0 Å². The minimum atomic E-state index is -3.08. The number of rotatable bonds is 5. The second-order valence-corrected chi connectivity index (χ2v) is 6.84. The predicted octanol–water partition coefficient (Wildman–Crippen LogP) is 2.53. The highest BCUT2D eigenvalue weighted by atomic mass is 32.2. The number of unbranched alkanes of at least 4 members (excludes halogenated alkanes) is 1. The number of nitrogens with two attached hydrogens (primary N) is 1. The van der Waals surface area contributed by atoms with Gasteiger partial charge in [-0.25, -0.2) is 8.42 Å². The molecule has 0 atom stereocenters. The molecule has 0 radical (unpaired) electrons. The van der Waals surface area contributed by atoms with Crippen LogP contribution in [0.4, 0.5) is 5.69 Å². The molecule has 2 aromatic rings.